The van der Waals surface area contributed by atoms with Crippen LogP contribution in [-0.2, 0) is 4.74 Å². The highest BCUT2D eigenvalue weighted by Crippen LogP contribution is 2.36. The summed E-state index contributed by atoms with van der Waals surface area (Å²) in [4.78, 5) is 21.4. The fourth-order valence-corrected chi connectivity index (χ4v) is 4.09. The Balaban J connectivity index is 1.32. The molecule has 0 atom stereocenters. The molecular formula is C21H32N4O2. The van der Waals surface area contributed by atoms with Gasteiger partial charge in [0.2, 0.25) is 5.56 Å². The SMILES string of the molecule is CC(C)N1CCN(C(OC2CCN(c3ccc(=O)[nH]c3)CC2)=C2CC2)CC1. The summed E-state index contributed by atoms with van der Waals surface area (Å²) in [6.45, 7) is 10.9. The van der Waals surface area contributed by atoms with Gasteiger partial charge in [0.25, 0.3) is 0 Å². The molecule has 2 saturated heterocycles. The van der Waals surface area contributed by atoms with Crippen LogP contribution in [0.4, 0.5) is 5.69 Å². The van der Waals surface area contributed by atoms with E-state index in [9.17, 15) is 4.79 Å². The second kappa shape index (κ2) is 7.97. The number of nitrogens with one attached hydrogen (secondary N) is 1. The van der Waals surface area contributed by atoms with Crippen LogP contribution in [0.5, 0.6) is 0 Å². The molecule has 3 aliphatic rings. The van der Waals surface area contributed by atoms with Gasteiger partial charge in [-0.2, -0.15) is 0 Å². The number of anilines is 1. The third-order valence-electron chi connectivity index (χ3n) is 5.99. The number of aromatic nitrogens is 1. The minimum atomic E-state index is -0.0461. The summed E-state index contributed by atoms with van der Waals surface area (Å²) in [5.74, 6) is 1.20. The highest BCUT2D eigenvalue weighted by Gasteiger charge is 2.30. The number of hydrogen-bond acceptors (Lipinski definition) is 5. The molecule has 148 valence electrons. The second-order valence-corrected chi connectivity index (χ2v) is 8.24. The summed E-state index contributed by atoms with van der Waals surface area (Å²) in [5, 5.41) is 0. The first-order valence-corrected chi connectivity index (χ1v) is 10.4. The summed E-state index contributed by atoms with van der Waals surface area (Å²) in [6, 6.07) is 4.14. The van der Waals surface area contributed by atoms with Crippen molar-refractivity contribution in [1.82, 2.24) is 14.8 Å². The Labute approximate surface area is 161 Å². The highest BCUT2D eigenvalue weighted by atomic mass is 16.5. The number of nitrogens with zero attached hydrogens (tertiary/aromatic N) is 3. The molecule has 1 aromatic rings. The van der Waals surface area contributed by atoms with Crippen LogP contribution in [0, 0.1) is 0 Å². The van der Waals surface area contributed by atoms with Gasteiger partial charge in [0.05, 0.1) is 5.69 Å². The minimum absolute atomic E-state index is 0.0461. The second-order valence-electron chi connectivity index (χ2n) is 8.24. The quantitative estimate of drug-likeness (QED) is 0.805. The minimum Gasteiger partial charge on any atom is -0.476 e. The zero-order chi connectivity index (χ0) is 18.8. The van der Waals surface area contributed by atoms with Crippen molar-refractivity contribution in [2.45, 2.75) is 51.7 Å². The molecule has 1 N–H and O–H groups in total. The molecule has 27 heavy (non-hydrogen) atoms. The van der Waals surface area contributed by atoms with Crippen molar-refractivity contribution in [2.75, 3.05) is 44.2 Å². The number of rotatable bonds is 5. The molecular weight excluding hydrogens is 340 g/mol. The zero-order valence-corrected chi connectivity index (χ0v) is 16.6. The Morgan fingerprint density at radius 1 is 1.07 bits per heavy atom. The summed E-state index contributed by atoms with van der Waals surface area (Å²) >= 11 is 0. The van der Waals surface area contributed by atoms with Crippen LogP contribution in [0.15, 0.2) is 34.6 Å². The third-order valence-corrected chi connectivity index (χ3v) is 5.99. The number of hydrogen-bond donors (Lipinski definition) is 1. The standard InChI is InChI=1S/C21H32N4O2/c1-16(2)23-11-13-25(14-12-23)21(17-3-4-17)27-19-7-9-24(10-8-19)18-5-6-20(26)22-15-18/h5-6,15-16,19H,3-4,7-14H2,1-2H3,(H,22,26). The van der Waals surface area contributed by atoms with Crippen LogP contribution in [0.1, 0.15) is 39.5 Å². The van der Waals surface area contributed by atoms with Gasteiger partial charge in [-0.3, -0.25) is 9.69 Å². The van der Waals surface area contributed by atoms with Crippen molar-refractivity contribution in [3.05, 3.63) is 40.1 Å². The monoisotopic (exact) mass is 372 g/mol. The van der Waals surface area contributed by atoms with Crippen LogP contribution in [0.25, 0.3) is 0 Å². The lowest BCUT2D eigenvalue weighted by atomic mass is 10.1. The number of piperidine rings is 1. The Bertz CT molecular complexity index is 699. The van der Waals surface area contributed by atoms with Crippen LogP contribution in [-0.4, -0.2) is 66.2 Å². The maximum absolute atomic E-state index is 11.2. The van der Waals surface area contributed by atoms with Gasteiger partial charge in [0, 0.05) is 70.4 Å². The summed E-state index contributed by atoms with van der Waals surface area (Å²) in [5.41, 5.74) is 2.56. The molecule has 4 rings (SSSR count). The summed E-state index contributed by atoms with van der Waals surface area (Å²) in [7, 11) is 0. The van der Waals surface area contributed by atoms with E-state index in [0.29, 0.717) is 12.1 Å². The van der Waals surface area contributed by atoms with Gasteiger partial charge in [-0.1, -0.05) is 0 Å². The molecule has 1 saturated carbocycles. The topological polar surface area (TPSA) is 51.8 Å². The number of pyridine rings is 1. The maximum atomic E-state index is 11.2. The first kappa shape index (κ1) is 18.4. The van der Waals surface area contributed by atoms with Gasteiger partial charge >= 0.3 is 0 Å². The van der Waals surface area contributed by atoms with Crippen molar-refractivity contribution in [3.8, 4) is 0 Å². The Morgan fingerprint density at radius 3 is 2.33 bits per heavy atom. The first-order valence-electron chi connectivity index (χ1n) is 10.4. The lowest BCUT2D eigenvalue weighted by molar-refractivity contribution is 0.0131. The number of H-pyrrole nitrogens is 1. The number of ether oxygens (including phenoxy) is 1. The van der Waals surface area contributed by atoms with Crippen molar-refractivity contribution in [1.29, 1.82) is 0 Å². The smallest absolute Gasteiger partial charge is 0.248 e. The Morgan fingerprint density at radius 2 is 1.78 bits per heavy atom. The molecule has 0 bridgehead atoms. The molecule has 0 amide bonds. The van der Waals surface area contributed by atoms with E-state index in [4.69, 9.17) is 4.74 Å². The average Bonchev–Trinajstić information content (AvgIpc) is 3.52. The molecule has 0 unspecified atom stereocenters. The van der Waals surface area contributed by atoms with Crippen LogP contribution in [0.3, 0.4) is 0 Å². The lowest BCUT2D eigenvalue weighted by Gasteiger charge is -2.40. The largest absolute Gasteiger partial charge is 0.476 e. The van der Waals surface area contributed by atoms with E-state index in [2.05, 4.69) is 33.5 Å². The van der Waals surface area contributed by atoms with Crippen molar-refractivity contribution >= 4 is 5.69 Å². The molecule has 3 fully saturated rings. The molecule has 0 radical (unpaired) electrons. The average molecular weight is 373 g/mol. The van der Waals surface area contributed by atoms with Crippen LogP contribution >= 0.6 is 0 Å². The van der Waals surface area contributed by atoms with E-state index in [1.165, 1.54) is 24.3 Å². The lowest BCUT2D eigenvalue weighted by Crippen LogP contribution is -2.49. The van der Waals surface area contributed by atoms with Gasteiger partial charge < -0.3 is 19.5 Å². The molecule has 6 heteroatoms. The molecule has 1 aliphatic carbocycles. The van der Waals surface area contributed by atoms with E-state index in [-0.39, 0.29) is 5.56 Å². The molecule has 3 heterocycles. The summed E-state index contributed by atoms with van der Waals surface area (Å²) in [6.07, 6.45) is 6.58. The Kier molecular flexibility index (Phi) is 5.43. The fraction of sp³-hybridized carbons (Fsp3) is 0.667. The normalized spacial score (nSPS) is 21.7. The maximum Gasteiger partial charge on any atom is 0.248 e. The third kappa shape index (κ3) is 4.49. The van der Waals surface area contributed by atoms with E-state index >= 15 is 0 Å². The number of allylic oxidation sites excluding steroid dienone is 1. The van der Waals surface area contributed by atoms with Crippen molar-refractivity contribution in [2.24, 2.45) is 0 Å². The van der Waals surface area contributed by atoms with Crippen molar-refractivity contribution in [3.63, 3.8) is 0 Å². The van der Waals surface area contributed by atoms with Gasteiger partial charge in [-0.15, -0.1) is 0 Å². The van der Waals surface area contributed by atoms with E-state index in [1.807, 2.05) is 12.3 Å². The summed E-state index contributed by atoms with van der Waals surface area (Å²) < 4.78 is 6.56. The number of piperazine rings is 1. The fourth-order valence-electron chi connectivity index (χ4n) is 4.09. The van der Waals surface area contributed by atoms with E-state index in [1.54, 1.807) is 6.07 Å². The van der Waals surface area contributed by atoms with Crippen LogP contribution in [0.2, 0.25) is 0 Å². The predicted molar refractivity (Wildman–Crippen MR) is 108 cm³/mol. The predicted octanol–water partition coefficient (Wildman–Crippen LogP) is 2.39. The van der Waals surface area contributed by atoms with Gasteiger partial charge in [0.15, 0.2) is 5.88 Å². The molecule has 2 aliphatic heterocycles. The highest BCUT2D eigenvalue weighted by molar-refractivity contribution is 5.43. The van der Waals surface area contributed by atoms with E-state index in [0.717, 1.165) is 57.8 Å². The van der Waals surface area contributed by atoms with Gasteiger partial charge in [-0.25, -0.2) is 0 Å². The molecule has 1 aromatic heterocycles. The first-order chi connectivity index (χ1) is 13.1. The zero-order valence-electron chi connectivity index (χ0n) is 16.6. The Hall–Kier alpha value is -1.95. The van der Waals surface area contributed by atoms with Crippen LogP contribution < -0.4 is 10.5 Å². The molecule has 6 nitrogen and oxygen atoms in total. The van der Waals surface area contributed by atoms with Gasteiger partial charge in [0.1, 0.15) is 6.10 Å². The van der Waals surface area contributed by atoms with Gasteiger partial charge in [-0.05, 0) is 38.3 Å². The van der Waals surface area contributed by atoms with E-state index < -0.39 is 0 Å². The molecule has 0 spiro atoms. The molecule has 0 aromatic carbocycles. The number of aromatic amines is 1. The van der Waals surface area contributed by atoms with Crippen molar-refractivity contribution < 1.29 is 4.74 Å².